The van der Waals surface area contributed by atoms with Crippen molar-refractivity contribution in [1.82, 2.24) is 0 Å². The van der Waals surface area contributed by atoms with Gasteiger partial charge in [-0.25, -0.2) is 0 Å². The predicted octanol–water partition coefficient (Wildman–Crippen LogP) is 0.845. The minimum absolute atomic E-state index is 0.00917. The quantitative estimate of drug-likeness (QED) is 0.538. The van der Waals surface area contributed by atoms with Crippen molar-refractivity contribution in [2.45, 2.75) is 5.97 Å². The molecule has 0 bridgehead atoms. The molecule has 0 fully saturated rings. The molecule has 1 aromatic carbocycles. The van der Waals surface area contributed by atoms with Crippen LogP contribution in [-0.4, -0.2) is 14.9 Å². The number of rotatable bonds is 5. The zero-order valence-corrected chi connectivity index (χ0v) is 10.2. The van der Waals surface area contributed by atoms with Gasteiger partial charge >= 0.3 is 14.2 Å². The van der Waals surface area contributed by atoms with Crippen LogP contribution in [0.15, 0.2) is 24.3 Å². The summed E-state index contributed by atoms with van der Waals surface area (Å²) in [5, 5.41) is 18.7. The Morgan fingerprint density at radius 3 is 2.65 bits per heavy atom. The van der Waals surface area contributed by atoms with Crippen LogP contribution in [0.5, 0.6) is 0 Å². The third-order valence-corrected chi connectivity index (χ3v) is 2.55. The summed E-state index contributed by atoms with van der Waals surface area (Å²) in [6.45, 7) is 0. The van der Waals surface area contributed by atoms with Gasteiger partial charge in [0.15, 0.2) is 9.03 Å². The Morgan fingerprint density at radius 2 is 2.12 bits per heavy atom. The van der Waals surface area contributed by atoms with Gasteiger partial charge in [0, 0.05) is 4.57 Å². The van der Waals surface area contributed by atoms with E-state index in [0.29, 0.717) is 0 Å². The van der Waals surface area contributed by atoms with Crippen molar-refractivity contribution < 1.29 is 28.5 Å². The zero-order chi connectivity index (χ0) is 12.9. The van der Waals surface area contributed by atoms with Crippen molar-refractivity contribution in [3.63, 3.8) is 0 Å². The summed E-state index contributed by atoms with van der Waals surface area (Å²) in [7, 11) is -4.37. The maximum atomic E-state index is 10.6. The van der Waals surface area contributed by atoms with E-state index < -0.39 is 23.3 Å². The number of aliphatic hydroxyl groups is 1. The second-order valence-electron chi connectivity index (χ2n) is 2.76. The highest BCUT2D eigenvalue weighted by molar-refractivity contribution is 7.32. The second-order valence-corrected chi connectivity index (χ2v) is 3.81. The smallest absolute Gasteiger partial charge is 0.352 e. The van der Waals surface area contributed by atoms with Crippen LogP contribution in [0.2, 0.25) is 0 Å². The average Bonchev–Trinajstić information content (AvgIpc) is 2.28. The average molecular weight is 276 g/mol. The van der Waals surface area contributed by atoms with Gasteiger partial charge in [-0.05, 0) is 16.7 Å². The van der Waals surface area contributed by atoms with Crippen LogP contribution in [0, 0.1) is 11.3 Å². The van der Waals surface area contributed by atoms with Crippen LogP contribution in [0.4, 0.5) is 0 Å². The summed E-state index contributed by atoms with van der Waals surface area (Å²) >= 11 is 0. The molecule has 1 aromatic rings. The molecule has 0 aliphatic rings. The fourth-order valence-corrected chi connectivity index (χ4v) is 1.84. The lowest BCUT2D eigenvalue weighted by molar-refractivity contribution is -0.282. The first-order valence-electron chi connectivity index (χ1n) is 4.18. The van der Waals surface area contributed by atoms with E-state index in [2.05, 4.69) is 9.05 Å². The Hall–Kier alpha value is -0.960. The summed E-state index contributed by atoms with van der Waals surface area (Å²) in [6.07, 6.45) is 0. The van der Waals surface area contributed by atoms with Crippen LogP contribution < -0.4 is 0 Å². The van der Waals surface area contributed by atoms with Gasteiger partial charge in [0.2, 0.25) is 0 Å². The van der Waals surface area contributed by atoms with Crippen molar-refractivity contribution in [2.75, 3.05) is 0 Å². The van der Waals surface area contributed by atoms with E-state index >= 15 is 0 Å². The molecule has 3 atom stereocenters. The van der Waals surface area contributed by atoms with Crippen LogP contribution in [-0.2, 0) is 19.6 Å². The maximum Gasteiger partial charge on any atom is 0.700 e. The van der Waals surface area contributed by atoms with Crippen LogP contribution in [0.25, 0.3) is 0 Å². The van der Waals surface area contributed by atoms with E-state index in [1.54, 1.807) is 6.07 Å². The lowest BCUT2D eigenvalue weighted by atomic mass is 10.1. The molecule has 17 heavy (non-hydrogen) atoms. The fourth-order valence-electron chi connectivity index (χ4n) is 1.15. The second kappa shape index (κ2) is 6.10. The summed E-state index contributed by atoms with van der Waals surface area (Å²) in [6, 6.07) is 7.39. The van der Waals surface area contributed by atoms with Crippen molar-refractivity contribution in [3.8, 4) is 6.07 Å². The first kappa shape index (κ1) is 14.1. The molecule has 1 rings (SSSR count). The van der Waals surface area contributed by atoms with Crippen molar-refractivity contribution >= 4 is 17.3 Å². The number of benzene rings is 1. The molecule has 0 spiro atoms. The predicted molar refractivity (Wildman–Crippen MR) is 57.6 cm³/mol. The van der Waals surface area contributed by atoms with E-state index in [-0.39, 0.29) is 11.1 Å². The molecule has 0 saturated heterocycles. The molecule has 0 saturated carbocycles. The van der Waals surface area contributed by atoms with Gasteiger partial charge in [0.05, 0.1) is 17.2 Å². The topological polar surface area (TPSA) is 120 Å². The van der Waals surface area contributed by atoms with E-state index in [9.17, 15) is 9.67 Å². The number of nitriles is 1. The Balaban J connectivity index is 3.22. The Morgan fingerprint density at radius 1 is 1.47 bits per heavy atom. The lowest BCUT2D eigenvalue weighted by Crippen LogP contribution is -2.29. The van der Waals surface area contributed by atoms with Gasteiger partial charge in [-0.2, -0.15) is 5.26 Å². The van der Waals surface area contributed by atoms with E-state index in [1.807, 2.05) is 0 Å². The van der Waals surface area contributed by atoms with E-state index in [1.165, 1.54) is 24.3 Å². The molecule has 3 unspecified atom stereocenters. The third-order valence-electron chi connectivity index (χ3n) is 1.77. The number of hydrogen-bond donors (Lipinski definition) is 3. The monoisotopic (exact) mass is 276 g/mol. The standard InChI is InChI=1S/C8H7NO6P2/c9-5-6-3-1-2-4-7(6)8(10,14-16-11)15-17(12)13/h1-4,10-11,16H/p+1. The van der Waals surface area contributed by atoms with Crippen molar-refractivity contribution in [2.24, 2.45) is 0 Å². The summed E-state index contributed by atoms with van der Waals surface area (Å²) in [4.78, 5) is 17.3. The van der Waals surface area contributed by atoms with Crippen molar-refractivity contribution in [3.05, 3.63) is 35.4 Å². The van der Waals surface area contributed by atoms with Gasteiger partial charge in [0.25, 0.3) is 0 Å². The molecule has 0 amide bonds. The number of hydrogen-bond acceptors (Lipinski definition) is 6. The molecule has 7 nitrogen and oxygen atoms in total. The molecule has 0 aromatic heterocycles. The van der Waals surface area contributed by atoms with Gasteiger partial charge in [-0.1, -0.05) is 12.1 Å². The van der Waals surface area contributed by atoms with Gasteiger partial charge in [-0.15, -0.1) is 4.89 Å². The van der Waals surface area contributed by atoms with Gasteiger partial charge < -0.3 is 10.00 Å². The molecule has 3 N–H and O–H groups in total. The zero-order valence-electron chi connectivity index (χ0n) is 8.27. The molecule has 0 aliphatic carbocycles. The molecule has 0 aliphatic heterocycles. The Kier molecular flexibility index (Phi) is 5.06. The summed E-state index contributed by atoms with van der Waals surface area (Å²) < 4.78 is 19.4. The largest absolute Gasteiger partial charge is 0.700 e. The Bertz CT molecular complexity index is 462. The van der Waals surface area contributed by atoms with Crippen LogP contribution >= 0.6 is 17.3 Å². The normalized spacial score (nSPS) is 15.5. The fraction of sp³-hybridized carbons (Fsp3) is 0.125. The SMILES string of the molecule is N#Cc1ccccc1C(O)(OPO)O[P+](=O)O. The first-order chi connectivity index (χ1) is 8.03. The summed E-state index contributed by atoms with van der Waals surface area (Å²) in [5.41, 5.74) is -0.174. The van der Waals surface area contributed by atoms with Gasteiger partial charge in [0.1, 0.15) is 0 Å². The third kappa shape index (κ3) is 3.50. The Labute approximate surface area is 99.1 Å². The highest BCUT2D eigenvalue weighted by atomic mass is 31.1. The van der Waals surface area contributed by atoms with Crippen LogP contribution in [0.1, 0.15) is 11.1 Å². The van der Waals surface area contributed by atoms with E-state index in [0.717, 1.165) is 0 Å². The summed E-state index contributed by atoms with van der Waals surface area (Å²) in [5.74, 6) is -2.64. The van der Waals surface area contributed by atoms with Gasteiger partial charge in [-0.3, -0.25) is 4.52 Å². The maximum absolute atomic E-state index is 10.6. The lowest BCUT2D eigenvalue weighted by Gasteiger charge is -2.20. The minimum Gasteiger partial charge on any atom is -0.352 e. The molecular weight excluding hydrogens is 268 g/mol. The minimum atomic E-state index is -3.18. The molecule has 90 valence electrons. The highest BCUT2D eigenvalue weighted by Gasteiger charge is 2.44. The highest BCUT2D eigenvalue weighted by Crippen LogP contribution is 2.38. The number of nitrogens with zero attached hydrogens (tertiary/aromatic N) is 1. The van der Waals surface area contributed by atoms with Crippen molar-refractivity contribution in [1.29, 1.82) is 5.26 Å². The first-order valence-corrected chi connectivity index (χ1v) is 6.16. The molecular formula is C8H8NO6P2+. The molecule has 0 heterocycles. The van der Waals surface area contributed by atoms with E-state index in [4.69, 9.17) is 15.0 Å². The molecule has 0 radical (unpaired) electrons. The van der Waals surface area contributed by atoms with Crippen LogP contribution in [0.3, 0.4) is 0 Å². The molecule has 9 heteroatoms.